The molecule has 1 saturated carbocycles. The van der Waals surface area contributed by atoms with Gasteiger partial charge in [-0.05, 0) is 56.9 Å². The molecule has 100 valence electrons. The van der Waals surface area contributed by atoms with Gasteiger partial charge < -0.3 is 10.1 Å². The predicted octanol–water partition coefficient (Wildman–Crippen LogP) is 4.07. The predicted molar refractivity (Wildman–Crippen MR) is 68.4 cm³/mol. The van der Waals surface area contributed by atoms with Crippen molar-refractivity contribution in [1.82, 2.24) is 0 Å². The van der Waals surface area contributed by atoms with Gasteiger partial charge in [-0.25, -0.2) is 8.78 Å². The first kappa shape index (κ1) is 13.1. The van der Waals surface area contributed by atoms with Gasteiger partial charge in [0, 0.05) is 5.69 Å². The summed E-state index contributed by atoms with van der Waals surface area (Å²) in [6, 6.07) is 6.39. The van der Waals surface area contributed by atoms with Crippen LogP contribution in [0.15, 0.2) is 24.3 Å². The number of hydrogen-bond acceptors (Lipinski definition) is 2. The lowest BCUT2D eigenvalue weighted by atomic mass is 10.2. The zero-order valence-corrected chi connectivity index (χ0v) is 10.5. The van der Waals surface area contributed by atoms with Gasteiger partial charge in [0.2, 0.25) is 0 Å². The number of halogens is 2. The van der Waals surface area contributed by atoms with Crippen molar-refractivity contribution < 1.29 is 13.5 Å². The Hall–Kier alpha value is -1.32. The molecule has 4 heteroatoms. The molecular weight excluding hydrogens is 236 g/mol. The molecule has 1 aliphatic rings. The maximum Gasteiger partial charge on any atom is 0.258 e. The van der Waals surface area contributed by atoms with Crippen LogP contribution in [0.1, 0.15) is 32.6 Å². The number of anilines is 1. The highest BCUT2D eigenvalue weighted by Gasteiger charge is 2.17. The van der Waals surface area contributed by atoms with Gasteiger partial charge in [0.05, 0.1) is 12.1 Å². The van der Waals surface area contributed by atoms with Crippen LogP contribution < -0.4 is 10.1 Å². The summed E-state index contributed by atoms with van der Waals surface area (Å²) in [6.07, 6.45) is 2.65. The van der Waals surface area contributed by atoms with Gasteiger partial charge >= 0.3 is 0 Å². The Morgan fingerprint density at radius 3 is 2.33 bits per heavy atom. The molecule has 0 saturated heterocycles. The third kappa shape index (κ3) is 3.59. The maximum absolute atomic E-state index is 12.4. The van der Waals surface area contributed by atoms with Crippen LogP contribution in [0.4, 0.5) is 14.5 Å². The van der Waals surface area contributed by atoms with E-state index in [1.165, 1.54) is 19.8 Å². The Balaban J connectivity index is 1.88. The second-order valence-corrected chi connectivity index (χ2v) is 4.82. The van der Waals surface area contributed by atoms with Crippen LogP contribution in [0.25, 0.3) is 0 Å². The Kier molecular flexibility index (Phi) is 4.39. The van der Waals surface area contributed by atoms with Crippen LogP contribution in [0, 0.1) is 0 Å². The fourth-order valence-electron chi connectivity index (χ4n) is 2.15. The molecule has 1 unspecified atom stereocenters. The summed E-state index contributed by atoms with van der Waals surface area (Å²) in [4.78, 5) is 0. The topological polar surface area (TPSA) is 21.3 Å². The summed E-state index contributed by atoms with van der Waals surface area (Å²) in [6.45, 7) is 1.47. The van der Waals surface area contributed by atoms with Gasteiger partial charge in [-0.15, -0.1) is 0 Å². The van der Waals surface area contributed by atoms with E-state index in [1.807, 2.05) is 12.1 Å². The van der Waals surface area contributed by atoms with E-state index >= 15 is 0 Å². The van der Waals surface area contributed by atoms with Crippen molar-refractivity contribution in [2.24, 2.45) is 0 Å². The van der Waals surface area contributed by atoms with E-state index < -0.39 is 12.5 Å². The highest BCUT2D eigenvalue weighted by Crippen LogP contribution is 2.25. The molecule has 1 aromatic rings. The zero-order valence-electron chi connectivity index (χ0n) is 10.5. The number of alkyl halides is 2. The molecule has 1 atom stereocenters. The molecule has 1 aliphatic carbocycles. The standard InChI is InChI=1S/C14H19F2NO/c1-10(14(15)16)17-11-6-8-13(9-7-11)18-12-4-2-3-5-12/h6-10,12,14,17H,2-5H2,1H3. The molecule has 18 heavy (non-hydrogen) atoms. The van der Waals surface area contributed by atoms with Gasteiger partial charge in [0.25, 0.3) is 6.43 Å². The van der Waals surface area contributed by atoms with Crippen molar-refractivity contribution in [2.45, 2.75) is 51.2 Å². The van der Waals surface area contributed by atoms with E-state index in [4.69, 9.17) is 4.74 Å². The van der Waals surface area contributed by atoms with Crippen molar-refractivity contribution in [2.75, 3.05) is 5.32 Å². The molecule has 0 amide bonds. The summed E-state index contributed by atoms with van der Waals surface area (Å²) in [7, 11) is 0. The first-order chi connectivity index (χ1) is 8.65. The number of benzene rings is 1. The van der Waals surface area contributed by atoms with E-state index in [0.717, 1.165) is 18.6 Å². The molecule has 2 nitrogen and oxygen atoms in total. The number of ether oxygens (including phenoxy) is 1. The summed E-state index contributed by atoms with van der Waals surface area (Å²) >= 11 is 0. The molecule has 2 rings (SSSR count). The molecule has 0 radical (unpaired) electrons. The highest BCUT2D eigenvalue weighted by atomic mass is 19.3. The molecule has 0 aliphatic heterocycles. The quantitative estimate of drug-likeness (QED) is 0.856. The molecule has 0 heterocycles. The number of nitrogens with one attached hydrogen (secondary N) is 1. The lowest BCUT2D eigenvalue weighted by Crippen LogP contribution is -2.23. The lowest BCUT2D eigenvalue weighted by molar-refractivity contribution is 0.131. The van der Waals surface area contributed by atoms with Crippen molar-refractivity contribution in [3.8, 4) is 5.75 Å². The average molecular weight is 255 g/mol. The Bertz CT molecular complexity index is 338. The molecule has 0 aromatic heterocycles. The minimum absolute atomic E-state index is 0.323. The minimum Gasteiger partial charge on any atom is -0.490 e. The molecule has 1 aromatic carbocycles. The Morgan fingerprint density at radius 1 is 1.17 bits per heavy atom. The zero-order chi connectivity index (χ0) is 13.0. The van der Waals surface area contributed by atoms with Crippen LogP contribution in [0.3, 0.4) is 0 Å². The second-order valence-electron chi connectivity index (χ2n) is 4.82. The Labute approximate surface area is 106 Å². The van der Waals surface area contributed by atoms with Crippen LogP contribution in [-0.2, 0) is 0 Å². The number of rotatable bonds is 5. The summed E-state index contributed by atoms with van der Waals surface area (Å²) in [5.41, 5.74) is 0.696. The third-order valence-electron chi connectivity index (χ3n) is 3.23. The fourth-order valence-corrected chi connectivity index (χ4v) is 2.15. The van der Waals surface area contributed by atoms with Gasteiger partial charge in [0.1, 0.15) is 5.75 Å². The molecular formula is C14H19F2NO. The van der Waals surface area contributed by atoms with Gasteiger partial charge in [0.15, 0.2) is 0 Å². The number of hydrogen-bond donors (Lipinski definition) is 1. The first-order valence-electron chi connectivity index (χ1n) is 6.46. The molecule has 1 N–H and O–H groups in total. The smallest absolute Gasteiger partial charge is 0.258 e. The molecule has 1 fully saturated rings. The molecule has 0 spiro atoms. The van der Waals surface area contributed by atoms with Crippen LogP contribution >= 0.6 is 0 Å². The first-order valence-corrected chi connectivity index (χ1v) is 6.46. The van der Waals surface area contributed by atoms with Crippen molar-refractivity contribution in [1.29, 1.82) is 0 Å². The van der Waals surface area contributed by atoms with Crippen LogP contribution in [0.5, 0.6) is 5.75 Å². The van der Waals surface area contributed by atoms with Crippen LogP contribution in [0.2, 0.25) is 0 Å². The SMILES string of the molecule is CC(Nc1ccc(OC2CCCC2)cc1)C(F)F. The monoisotopic (exact) mass is 255 g/mol. The third-order valence-corrected chi connectivity index (χ3v) is 3.23. The minimum atomic E-state index is -2.36. The second kappa shape index (κ2) is 6.03. The maximum atomic E-state index is 12.4. The van der Waals surface area contributed by atoms with E-state index in [9.17, 15) is 8.78 Å². The van der Waals surface area contributed by atoms with Crippen molar-refractivity contribution in [3.05, 3.63) is 24.3 Å². The highest BCUT2D eigenvalue weighted by molar-refractivity contribution is 5.47. The largest absolute Gasteiger partial charge is 0.490 e. The Morgan fingerprint density at radius 2 is 1.78 bits per heavy atom. The van der Waals surface area contributed by atoms with Crippen molar-refractivity contribution in [3.63, 3.8) is 0 Å². The van der Waals surface area contributed by atoms with Crippen molar-refractivity contribution >= 4 is 5.69 Å². The van der Waals surface area contributed by atoms with Gasteiger partial charge in [-0.1, -0.05) is 0 Å². The molecule has 0 bridgehead atoms. The van der Waals surface area contributed by atoms with Crippen LogP contribution in [-0.4, -0.2) is 18.6 Å². The lowest BCUT2D eigenvalue weighted by Gasteiger charge is -2.16. The van der Waals surface area contributed by atoms with E-state index in [1.54, 1.807) is 12.1 Å². The van der Waals surface area contributed by atoms with E-state index in [0.29, 0.717) is 11.8 Å². The fraction of sp³-hybridized carbons (Fsp3) is 0.571. The van der Waals surface area contributed by atoms with E-state index in [-0.39, 0.29) is 0 Å². The van der Waals surface area contributed by atoms with E-state index in [2.05, 4.69) is 5.32 Å². The van der Waals surface area contributed by atoms with Gasteiger partial charge in [-0.3, -0.25) is 0 Å². The van der Waals surface area contributed by atoms with Gasteiger partial charge in [-0.2, -0.15) is 0 Å². The summed E-state index contributed by atoms with van der Waals surface area (Å²) < 4.78 is 30.6. The summed E-state index contributed by atoms with van der Waals surface area (Å²) in [5.74, 6) is 0.817. The summed E-state index contributed by atoms with van der Waals surface area (Å²) in [5, 5.41) is 2.76. The normalized spacial score (nSPS) is 18.0. The average Bonchev–Trinajstić information content (AvgIpc) is 2.84.